The standard InChI is InChI=1S/C13H23N3O/c1-11(2)16-10-15-8-12(16)7-14-9-13(17-3)5-4-6-13/h8,10-11,14H,4-7,9H2,1-3H3. The molecule has 4 nitrogen and oxygen atoms in total. The Bertz CT molecular complexity index is 350. The maximum atomic E-state index is 5.59. The van der Waals surface area contributed by atoms with E-state index in [1.165, 1.54) is 25.0 Å². The van der Waals surface area contributed by atoms with Crippen LogP contribution in [0.1, 0.15) is 44.8 Å². The molecule has 1 N–H and O–H groups in total. The van der Waals surface area contributed by atoms with E-state index in [0.29, 0.717) is 6.04 Å². The molecule has 4 heteroatoms. The van der Waals surface area contributed by atoms with E-state index in [4.69, 9.17) is 4.74 Å². The minimum absolute atomic E-state index is 0.0999. The monoisotopic (exact) mass is 237 g/mol. The minimum atomic E-state index is 0.0999. The molecule has 0 bridgehead atoms. The van der Waals surface area contributed by atoms with E-state index in [1.807, 2.05) is 19.6 Å². The van der Waals surface area contributed by atoms with E-state index in [9.17, 15) is 0 Å². The third-order valence-corrected chi connectivity index (χ3v) is 3.75. The highest BCUT2D eigenvalue weighted by atomic mass is 16.5. The highest BCUT2D eigenvalue weighted by Crippen LogP contribution is 2.34. The summed E-state index contributed by atoms with van der Waals surface area (Å²) in [6, 6.07) is 0.467. The Morgan fingerprint density at radius 3 is 2.82 bits per heavy atom. The predicted molar refractivity (Wildman–Crippen MR) is 67.9 cm³/mol. The molecule has 0 unspecified atom stereocenters. The normalized spacial score (nSPS) is 18.4. The lowest BCUT2D eigenvalue weighted by Gasteiger charge is -2.40. The molecule has 0 amide bonds. The molecule has 0 atom stereocenters. The summed E-state index contributed by atoms with van der Waals surface area (Å²) >= 11 is 0. The van der Waals surface area contributed by atoms with Crippen molar-refractivity contribution >= 4 is 0 Å². The zero-order valence-electron chi connectivity index (χ0n) is 11.1. The topological polar surface area (TPSA) is 39.1 Å². The van der Waals surface area contributed by atoms with Crippen molar-refractivity contribution in [2.45, 2.75) is 51.3 Å². The quantitative estimate of drug-likeness (QED) is 0.823. The van der Waals surface area contributed by atoms with Crippen molar-refractivity contribution in [1.82, 2.24) is 14.9 Å². The van der Waals surface area contributed by atoms with Gasteiger partial charge in [-0.25, -0.2) is 4.98 Å². The Kier molecular flexibility index (Phi) is 3.84. The van der Waals surface area contributed by atoms with Gasteiger partial charge in [-0.3, -0.25) is 0 Å². The molecule has 2 rings (SSSR count). The first-order valence-corrected chi connectivity index (χ1v) is 6.43. The smallest absolute Gasteiger partial charge is 0.0951 e. The minimum Gasteiger partial charge on any atom is -0.377 e. The fraction of sp³-hybridized carbons (Fsp3) is 0.769. The molecule has 0 aromatic carbocycles. The summed E-state index contributed by atoms with van der Waals surface area (Å²) in [6.45, 7) is 6.15. The zero-order valence-corrected chi connectivity index (χ0v) is 11.1. The molecular weight excluding hydrogens is 214 g/mol. The Morgan fingerprint density at radius 2 is 2.29 bits per heavy atom. The van der Waals surface area contributed by atoms with Crippen molar-refractivity contribution in [2.24, 2.45) is 0 Å². The first-order chi connectivity index (χ1) is 8.17. The third-order valence-electron chi connectivity index (χ3n) is 3.75. The highest BCUT2D eigenvalue weighted by molar-refractivity contribution is 5.00. The van der Waals surface area contributed by atoms with Crippen molar-refractivity contribution in [3.05, 3.63) is 18.2 Å². The van der Waals surface area contributed by atoms with Gasteiger partial charge >= 0.3 is 0 Å². The lowest BCUT2D eigenvalue weighted by Crippen LogP contribution is -2.47. The maximum absolute atomic E-state index is 5.59. The number of rotatable bonds is 6. The number of hydrogen-bond acceptors (Lipinski definition) is 3. The number of hydrogen-bond donors (Lipinski definition) is 1. The van der Waals surface area contributed by atoms with Crippen molar-refractivity contribution in [1.29, 1.82) is 0 Å². The molecule has 0 spiro atoms. The van der Waals surface area contributed by atoms with Crippen LogP contribution in [-0.4, -0.2) is 28.8 Å². The molecule has 1 fully saturated rings. The number of aromatic nitrogens is 2. The van der Waals surface area contributed by atoms with Crippen LogP contribution in [0.4, 0.5) is 0 Å². The summed E-state index contributed by atoms with van der Waals surface area (Å²) in [7, 11) is 1.82. The summed E-state index contributed by atoms with van der Waals surface area (Å²) in [5.74, 6) is 0. The maximum Gasteiger partial charge on any atom is 0.0951 e. The second-order valence-corrected chi connectivity index (χ2v) is 5.23. The van der Waals surface area contributed by atoms with E-state index in [-0.39, 0.29) is 5.60 Å². The Morgan fingerprint density at radius 1 is 1.53 bits per heavy atom. The van der Waals surface area contributed by atoms with Crippen LogP contribution < -0.4 is 5.32 Å². The number of methoxy groups -OCH3 is 1. The van der Waals surface area contributed by atoms with Crippen LogP contribution in [0.3, 0.4) is 0 Å². The van der Waals surface area contributed by atoms with E-state index >= 15 is 0 Å². The predicted octanol–water partition coefficient (Wildman–Crippen LogP) is 2.12. The van der Waals surface area contributed by atoms with Gasteiger partial charge in [-0.15, -0.1) is 0 Å². The summed E-state index contributed by atoms with van der Waals surface area (Å²) in [6.07, 6.45) is 7.49. The molecule has 1 aliphatic carbocycles. The molecule has 1 heterocycles. The molecule has 0 radical (unpaired) electrons. The van der Waals surface area contributed by atoms with E-state index in [1.54, 1.807) is 0 Å². The van der Waals surface area contributed by atoms with Crippen LogP contribution >= 0.6 is 0 Å². The summed E-state index contributed by atoms with van der Waals surface area (Å²) in [5, 5.41) is 3.49. The lowest BCUT2D eigenvalue weighted by molar-refractivity contribution is -0.0696. The lowest BCUT2D eigenvalue weighted by atomic mass is 9.80. The molecular formula is C13H23N3O. The molecule has 0 saturated heterocycles. The van der Waals surface area contributed by atoms with Gasteiger partial charge in [-0.05, 0) is 33.1 Å². The van der Waals surface area contributed by atoms with Crippen molar-refractivity contribution in [3.63, 3.8) is 0 Å². The first-order valence-electron chi connectivity index (χ1n) is 6.43. The Labute approximate surface area is 103 Å². The number of ether oxygens (including phenoxy) is 1. The highest BCUT2D eigenvalue weighted by Gasteiger charge is 2.36. The van der Waals surface area contributed by atoms with Gasteiger partial charge in [0, 0.05) is 32.4 Å². The molecule has 96 valence electrons. The number of nitrogens with zero attached hydrogens (tertiary/aromatic N) is 2. The average molecular weight is 237 g/mol. The van der Waals surface area contributed by atoms with E-state index in [2.05, 4.69) is 28.7 Å². The second-order valence-electron chi connectivity index (χ2n) is 5.23. The van der Waals surface area contributed by atoms with Crippen molar-refractivity contribution in [3.8, 4) is 0 Å². The van der Waals surface area contributed by atoms with Crippen LogP contribution in [0.2, 0.25) is 0 Å². The van der Waals surface area contributed by atoms with Gasteiger partial charge in [0.15, 0.2) is 0 Å². The third kappa shape index (κ3) is 2.69. The van der Waals surface area contributed by atoms with Gasteiger partial charge in [0.05, 0.1) is 17.6 Å². The second kappa shape index (κ2) is 5.19. The van der Waals surface area contributed by atoms with Crippen LogP contribution in [-0.2, 0) is 11.3 Å². The van der Waals surface area contributed by atoms with Crippen LogP contribution in [0.5, 0.6) is 0 Å². The van der Waals surface area contributed by atoms with Gasteiger partial charge in [-0.2, -0.15) is 0 Å². The molecule has 1 aliphatic rings. The Hall–Kier alpha value is -0.870. The molecule has 0 aliphatic heterocycles. The number of nitrogens with one attached hydrogen (secondary N) is 1. The fourth-order valence-corrected chi connectivity index (χ4v) is 2.38. The SMILES string of the molecule is COC1(CNCc2cncn2C(C)C)CCC1. The van der Waals surface area contributed by atoms with Crippen molar-refractivity contribution in [2.75, 3.05) is 13.7 Å². The Balaban J connectivity index is 1.83. The van der Waals surface area contributed by atoms with Gasteiger partial charge in [0.1, 0.15) is 0 Å². The van der Waals surface area contributed by atoms with Gasteiger partial charge in [0.2, 0.25) is 0 Å². The first kappa shape index (κ1) is 12.6. The van der Waals surface area contributed by atoms with Crippen LogP contribution in [0, 0.1) is 0 Å². The molecule has 1 saturated carbocycles. The summed E-state index contributed by atoms with van der Waals surface area (Å²) in [4.78, 5) is 4.20. The van der Waals surface area contributed by atoms with E-state index in [0.717, 1.165) is 13.1 Å². The number of imidazole rings is 1. The average Bonchev–Trinajstić information content (AvgIpc) is 2.70. The largest absolute Gasteiger partial charge is 0.377 e. The van der Waals surface area contributed by atoms with Crippen LogP contribution in [0.15, 0.2) is 12.5 Å². The van der Waals surface area contributed by atoms with Crippen molar-refractivity contribution < 1.29 is 4.74 Å². The molecule has 1 aromatic rings. The summed E-state index contributed by atoms with van der Waals surface area (Å²) in [5.41, 5.74) is 1.34. The fourth-order valence-electron chi connectivity index (χ4n) is 2.38. The summed E-state index contributed by atoms with van der Waals surface area (Å²) < 4.78 is 7.79. The molecule has 17 heavy (non-hydrogen) atoms. The van der Waals surface area contributed by atoms with Crippen LogP contribution in [0.25, 0.3) is 0 Å². The van der Waals surface area contributed by atoms with Gasteiger partial charge in [-0.1, -0.05) is 0 Å². The zero-order chi connectivity index (χ0) is 12.3. The molecule has 1 aromatic heterocycles. The van der Waals surface area contributed by atoms with Gasteiger partial charge < -0.3 is 14.6 Å². The van der Waals surface area contributed by atoms with E-state index < -0.39 is 0 Å². The van der Waals surface area contributed by atoms with Gasteiger partial charge in [0.25, 0.3) is 0 Å².